The van der Waals surface area contributed by atoms with E-state index >= 15 is 0 Å². The van der Waals surface area contributed by atoms with Crippen LogP contribution in [0, 0.1) is 0 Å². The monoisotopic (exact) mass is 341 g/mol. The smallest absolute Gasteiger partial charge is 0.264 e. The summed E-state index contributed by atoms with van der Waals surface area (Å²) in [5, 5.41) is 6.86. The molecule has 2 aromatic rings. The van der Waals surface area contributed by atoms with Gasteiger partial charge in [0.2, 0.25) is 6.10 Å². The number of ether oxygens (including phenoxy) is 2. The third-order valence-corrected chi connectivity index (χ3v) is 3.85. The van der Waals surface area contributed by atoms with E-state index in [2.05, 4.69) is 15.5 Å². The summed E-state index contributed by atoms with van der Waals surface area (Å²) in [7, 11) is 3.17. The molecular weight excluding hydrogens is 322 g/mol. The molecule has 7 nitrogen and oxygen atoms in total. The van der Waals surface area contributed by atoms with Crippen LogP contribution < -0.4 is 14.8 Å². The van der Waals surface area contributed by atoms with Gasteiger partial charge in [0.05, 0.1) is 32.2 Å². The molecule has 0 fully saturated rings. The van der Waals surface area contributed by atoms with E-state index in [1.165, 1.54) is 0 Å². The summed E-state index contributed by atoms with van der Waals surface area (Å²) in [6.45, 7) is 0.345. The Morgan fingerprint density at radius 2 is 2.16 bits per heavy atom. The molecule has 0 spiro atoms. The van der Waals surface area contributed by atoms with E-state index in [0.717, 1.165) is 11.3 Å². The molecule has 3 rings (SSSR count). The van der Waals surface area contributed by atoms with Crippen LogP contribution in [-0.4, -0.2) is 36.9 Å². The number of hydrogen-bond acceptors (Lipinski definition) is 6. The zero-order valence-corrected chi connectivity index (χ0v) is 14.1. The molecule has 130 valence electrons. The van der Waals surface area contributed by atoms with Crippen LogP contribution in [0.2, 0.25) is 0 Å². The van der Waals surface area contributed by atoms with E-state index < -0.39 is 6.10 Å². The Morgan fingerprint density at radius 3 is 2.88 bits per heavy atom. The Hall–Kier alpha value is -3.09. The Balaban J connectivity index is 1.64. The number of methoxy groups -OCH3 is 2. The second-order valence-electron chi connectivity index (χ2n) is 5.44. The predicted octanol–water partition coefficient (Wildman–Crippen LogP) is 1.91. The number of oxime groups is 1. The highest BCUT2D eigenvalue weighted by molar-refractivity contribution is 6.06. The van der Waals surface area contributed by atoms with Gasteiger partial charge in [0.1, 0.15) is 11.5 Å². The van der Waals surface area contributed by atoms with Crippen molar-refractivity contribution in [2.24, 2.45) is 5.16 Å². The number of rotatable bonds is 6. The van der Waals surface area contributed by atoms with Gasteiger partial charge in [0.15, 0.2) is 0 Å². The van der Waals surface area contributed by atoms with Gasteiger partial charge in [-0.2, -0.15) is 0 Å². The number of carbonyl (C=O) groups excluding carboxylic acids is 1. The maximum atomic E-state index is 12.3. The van der Waals surface area contributed by atoms with Crippen molar-refractivity contribution in [3.63, 3.8) is 0 Å². The predicted molar refractivity (Wildman–Crippen MR) is 91.7 cm³/mol. The largest absolute Gasteiger partial charge is 0.497 e. The lowest BCUT2D eigenvalue weighted by molar-refractivity contribution is -0.131. The van der Waals surface area contributed by atoms with Gasteiger partial charge in [-0.15, -0.1) is 0 Å². The number of hydrogen-bond donors (Lipinski definition) is 1. The molecule has 1 atom stereocenters. The molecule has 1 aliphatic rings. The van der Waals surface area contributed by atoms with Crippen LogP contribution in [0.3, 0.4) is 0 Å². The van der Waals surface area contributed by atoms with Crippen molar-refractivity contribution >= 4 is 11.6 Å². The molecule has 0 saturated heterocycles. The van der Waals surface area contributed by atoms with E-state index in [4.69, 9.17) is 14.3 Å². The van der Waals surface area contributed by atoms with Crippen molar-refractivity contribution < 1.29 is 19.1 Å². The summed E-state index contributed by atoms with van der Waals surface area (Å²) in [6.07, 6.45) is 1.37. The van der Waals surface area contributed by atoms with Gasteiger partial charge in [0.25, 0.3) is 5.91 Å². The first-order valence-corrected chi connectivity index (χ1v) is 7.84. The molecule has 7 heteroatoms. The fraction of sp³-hybridized carbons (Fsp3) is 0.278. The average molecular weight is 341 g/mol. The normalized spacial score (nSPS) is 15.9. The lowest BCUT2D eigenvalue weighted by Crippen LogP contribution is -2.34. The summed E-state index contributed by atoms with van der Waals surface area (Å²) in [5.41, 5.74) is 2.18. The Bertz CT molecular complexity index is 777. The first-order valence-electron chi connectivity index (χ1n) is 7.84. The van der Waals surface area contributed by atoms with E-state index in [1.54, 1.807) is 32.5 Å². The Labute approximate surface area is 145 Å². The molecule has 1 aromatic carbocycles. The van der Waals surface area contributed by atoms with Crippen LogP contribution >= 0.6 is 0 Å². The summed E-state index contributed by atoms with van der Waals surface area (Å²) in [6, 6.07) is 11.0. The van der Waals surface area contributed by atoms with Crippen LogP contribution in [0.4, 0.5) is 0 Å². The second kappa shape index (κ2) is 7.65. The lowest BCUT2D eigenvalue weighted by atomic mass is 10.0. The number of carbonyl (C=O) groups is 1. The summed E-state index contributed by atoms with van der Waals surface area (Å²) >= 11 is 0. The molecule has 1 aliphatic heterocycles. The zero-order chi connectivity index (χ0) is 17.6. The molecule has 0 bridgehead atoms. The molecule has 2 heterocycles. The van der Waals surface area contributed by atoms with Crippen molar-refractivity contribution in [2.45, 2.75) is 19.1 Å². The highest BCUT2D eigenvalue weighted by Crippen LogP contribution is 2.28. The SMILES string of the molecule is COc1ccc(OC)c(C2=NO[C@H](C(=O)NCc3ccccn3)C2)c1. The van der Waals surface area contributed by atoms with Gasteiger partial charge in [0, 0.05) is 18.2 Å². The molecule has 0 radical (unpaired) electrons. The minimum atomic E-state index is -0.672. The molecule has 1 amide bonds. The fourth-order valence-electron chi connectivity index (χ4n) is 2.51. The van der Waals surface area contributed by atoms with Crippen LogP contribution in [0.15, 0.2) is 47.8 Å². The van der Waals surface area contributed by atoms with Crippen molar-refractivity contribution in [3.8, 4) is 11.5 Å². The Morgan fingerprint density at radius 1 is 1.28 bits per heavy atom. The van der Waals surface area contributed by atoms with E-state index in [9.17, 15) is 4.79 Å². The number of benzene rings is 1. The van der Waals surface area contributed by atoms with Crippen molar-refractivity contribution in [2.75, 3.05) is 14.2 Å². The van der Waals surface area contributed by atoms with Crippen molar-refractivity contribution in [1.29, 1.82) is 0 Å². The maximum Gasteiger partial charge on any atom is 0.264 e. The minimum absolute atomic E-state index is 0.230. The average Bonchev–Trinajstić information content (AvgIpc) is 3.16. The molecule has 0 saturated carbocycles. The van der Waals surface area contributed by atoms with Gasteiger partial charge in [-0.05, 0) is 30.3 Å². The molecule has 1 N–H and O–H groups in total. The second-order valence-corrected chi connectivity index (χ2v) is 5.44. The van der Waals surface area contributed by atoms with Crippen LogP contribution in [0.5, 0.6) is 11.5 Å². The standard InChI is InChI=1S/C18H19N3O4/c1-23-13-6-7-16(24-2)14(9-13)15-10-17(25-21-15)18(22)20-11-12-5-3-4-8-19-12/h3-9,17H,10-11H2,1-2H3,(H,20,22)/t17-/m0/s1. The number of nitrogens with zero attached hydrogens (tertiary/aromatic N) is 2. The molecule has 25 heavy (non-hydrogen) atoms. The summed E-state index contributed by atoms with van der Waals surface area (Å²) in [4.78, 5) is 21.7. The number of amides is 1. The molecule has 0 unspecified atom stereocenters. The molecule has 1 aromatic heterocycles. The number of nitrogens with one attached hydrogen (secondary N) is 1. The third-order valence-electron chi connectivity index (χ3n) is 3.85. The van der Waals surface area contributed by atoms with Gasteiger partial charge in [-0.1, -0.05) is 11.2 Å². The maximum absolute atomic E-state index is 12.3. The van der Waals surface area contributed by atoms with Gasteiger partial charge >= 0.3 is 0 Å². The highest BCUT2D eigenvalue weighted by Gasteiger charge is 2.30. The fourth-order valence-corrected chi connectivity index (χ4v) is 2.51. The highest BCUT2D eigenvalue weighted by atomic mass is 16.6. The van der Waals surface area contributed by atoms with Crippen molar-refractivity contribution in [3.05, 3.63) is 53.9 Å². The summed E-state index contributed by atoms with van der Waals surface area (Å²) < 4.78 is 10.6. The van der Waals surface area contributed by atoms with E-state index in [-0.39, 0.29) is 5.91 Å². The Kier molecular flexibility index (Phi) is 5.13. The van der Waals surface area contributed by atoms with Crippen molar-refractivity contribution in [1.82, 2.24) is 10.3 Å². The first-order chi connectivity index (χ1) is 12.2. The minimum Gasteiger partial charge on any atom is -0.497 e. The zero-order valence-electron chi connectivity index (χ0n) is 14.1. The van der Waals surface area contributed by atoms with E-state index in [0.29, 0.717) is 30.2 Å². The number of aromatic nitrogens is 1. The van der Waals surface area contributed by atoms with Crippen LogP contribution in [0.1, 0.15) is 17.7 Å². The topological polar surface area (TPSA) is 82.0 Å². The summed E-state index contributed by atoms with van der Waals surface area (Å²) in [5.74, 6) is 1.10. The van der Waals surface area contributed by atoms with Gasteiger partial charge in [-0.3, -0.25) is 9.78 Å². The van der Waals surface area contributed by atoms with Crippen LogP contribution in [-0.2, 0) is 16.2 Å². The molecule has 0 aliphatic carbocycles. The first kappa shape index (κ1) is 16.8. The van der Waals surface area contributed by atoms with Gasteiger partial charge < -0.3 is 19.6 Å². The van der Waals surface area contributed by atoms with E-state index in [1.807, 2.05) is 24.3 Å². The van der Waals surface area contributed by atoms with Gasteiger partial charge in [-0.25, -0.2) is 0 Å². The lowest BCUT2D eigenvalue weighted by Gasteiger charge is -2.10. The molecular formula is C18H19N3O4. The quantitative estimate of drug-likeness (QED) is 0.868. The number of pyridine rings is 1. The van der Waals surface area contributed by atoms with Crippen LogP contribution in [0.25, 0.3) is 0 Å². The third kappa shape index (κ3) is 3.88.